The Morgan fingerprint density at radius 1 is 1.33 bits per heavy atom. The van der Waals surface area contributed by atoms with Crippen molar-refractivity contribution in [1.29, 1.82) is 0 Å². The summed E-state index contributed by atoms with van der Waals surface area (Å²) in [7, 11) is 1.41. The molecule has 0 atom stereocenters. The lowest BCUT2D eigenvalue weighted by Crippen LogP contribution is -2.51. The van der Waals surface area contributed by atoms with E-state index in [-0.39, 0.29) is 12.1 Å². The zero-order valence-electron chi connectivity index (χ0n) is 12.7. The zero-order valence-corrected chi connectivity index (χ0v) is 12.7. The van der Waals surface area contributed by atoms with Gasteiger partial charge in [0, 0.05) is 26.2 Å². The van der Waals surface area contributed by atoms with Crippen LogP contribution in [-0.4, -0.2) is 50.6 Å². The lowest BCUT2D eigenvalue weighted by molar-refractivity contribution is -0.139. The molecule has 5 heteroatoms. The zero-order chi connectivity index (χ0) is 15.1. The maximum absolute atomic E-state index is 11.3. The summed E-state index contributed by atoms with van der Waals surface area (Å²) < 4.78 is 15.4. The molecule has 116 valence electrons. The van der Waals surface area contributed by atoms with Crippen LogP contribution in [0.3, 0.4) is 0 Å². The quantitative estimate of drug-likeness (QED) is 0.414. The van der Waals surface area contributed by atoms with Crippen LogP contribution in [0, 0.1) is 0 Å². The van der Waals surface area contributed by atoms with E-state index in [4.69, 9.17) is 14.2 Å². The molecule has 1 fully saturated rings. The van der Waals surface area contributed by atoms with Gasteiger partial charge in [0.05, 0.1) is 19.6 Å². The minimum atomic E-state index is -0.208. The lowest BCUT2D eigenvalue weighted by Gasteiger charge is -2.38. The smallest absolute Gasteiger partial charge is 0.309 e. The van der Waals surface area contributed by atoms with Crippen LogP contribution in [0.5, 0.6) is 0 Å². The minimum Gasteiger partial charge on any atom is -0.469 e. The summed E-state index contributed by atoms with van der Waals surface area (Å²) in [6, 6.07) is 8.07. The molecule has 0 unspecified atom stereocenters. The molecule has 1 aromatic rings. The van der Waals surface area contributed by atoms with Gasteiger partial charge in [-0.15, -0.1) is 0 Å². The fourth-order valence-electron chi connectivity index (χ4n) is 2.32. The number of benzene rings is 1. The van der Waals surface area contributed by atoms with E-state index in [0.29, 0.717) is 19.8 Å². The van der Waals surface area contributed by atoms with Gasteiger partial charge >= 0.3 is 5.97 Å². The highest BCUT2D eigenvalue weighted by Gasteiger charge is 2.27. The van der Waals surface area contributed by atoms with Gasteiger partial charge in [0.2, 0.25) is 0 Å². The second-order valence-electron chi connectivity index (χ2n) is 5.17. The predicted octanol–water partition coefficient (Wildman–Crippen LogP) is 1.60. The Bertz CT molecular complexity index is 457. The van der Waals surface area contributed by atoms with E-state index in [1.165, 1.54) is 12.7 Å². The van der Waals surface area contributed by atoms with Crippen LogP contribution in [0.2, 0.25) is 0 Å². The van der Waals surface area contributed by atoms with E-state index in [0.717, 1.165) is 25.2 Å². The summed E-state index contributed by atoms with van der Waals surface area (Å²) in [6.07, 6.45) is 0.597. The standard InChI is InChI=1S/C16H23NO4/c1-3-20-12-21-15-10-17(11-15)9-14-6-4-5-13(7-14)8-16(18)19-2/h4-7,15H,3,8-12H2,1-2H3. The monoisotopic (exact) mass is 293 g/mol. The van der Waals surface area contributed by atoms with Gasteiger partial charge in [-0.3, -0.25) is 9.69 Å². The molecule has 21 heavy (non-hydrogen) atoms. The first kappa shape index (κ1) is 15.9. The maximum atomic E-state index is 11.3. The Labute approximate surface area is 125 Å². The van der Waals surface area contributed by atoms with Gasteiger partial charge in [-0.1, -0.05) is 24.3 Å². The number of rotatable bonds is 8. The van der Waals surface area contributed by atoms with E-state index >= 15 is 0 Å². The molecule has 0 aromatic heterocycles. The van der Waals surface area contributed by atoms with E-state index < -0.39 is 0 Å². The molecule has 0 aliphatic carbocycles. The first-order valence-corrected chi connectivity index (χ1v) is 7.27. The molecule has 5 nitrogen and oxygen atoms in total. The van der Waals surface area contributed by atoms with Crippen LogP contribution < -0.4 is 0 Å². The Morgan fingerprint density at radius 2 is 2.10 bits per heavy atom. The number of esters is 1. The van der Waals surface area contributed by atoms with E-state index in [9.17, 15) is 4.79 Å². The molecule has 0 radical (unpaired) electrons. The van der Waals surface area contributed by atoms with Gasteiger partial charge in [-0.25, -0.2) is 0 Å². The number of hydrogen-bond acceptors (Lipinski definition) is 5. The van der Waals surface area contributed by atoms with Crippen molar-refractivity contribution in [2.75, 3.05) is 33.6 Å². The van der Waals surface area contributed by atoms with Gasteiger partial charge in [0.1, 0.15) is 6.79 Å². The highest BCUT2D eigenvalue weighted by molar-refractivity contribution is 5.72. The summed E-state index contributed by atoms with van der Waals surface area (Å²) >= 11 is 0. The number of hydrogen-bond donors (Lipinski definition) is 0. The average molecular weight is 293 g/mol. The fourth-order valence-corrected chi connectivity index (χ4v) is 2.32. The Balaban J connectivity index is 1.74. The van der Waals surface area contributed by atoms with Crippen LogP contribution in [0.1, 0.15) is 18.1 Å². The van der Waals surface area contributed by atoms with E-state index in [1.54, 1.807) is 0 Å². The van der Waals surface area contributed by atoms with E-state index in [2.05, 4.69) is 17.0 Å². The largest absolute Gasteiger partial charge is 0.469 e. The number of carbonyl (C=O) groups excluding carboxylic acids is 1. The third kappa shape index (κ3) is 5.12. The van der Waals surface area contributed by atoms with Crippen LogP contribution in [0.25, 0.3) is 0 Å². The third-order valence-corrected chi connectivity index (χ3v) is 3.49. The molecule has 1 heterocycles. The minimum absolute atomic E-state index is 0.208. The number of methoxy groups -OCH3 is 1. The van der Waals surface area contributed by atoms with Crippen molar-refractivity contribution in [3.63, 3.8) is 0 Å². The highest BCUT2D eigenvalue weighted by Crippen LogP contribution is 2.17. The Hall–Kier alpha value is -1.43. The average Bonchev–Trinajstić information content (AvgIpc) is 2.45. The topological polar surface area (TPSA) is 48.0 Å². The molecule has 1 aliphatic rings. The number of likely N-dealkylation sites (tertiary alicyclic amines) is 1. The second kappa shape index (κ2) is 8.12. The molecule has 0 bridgehead atoms. The molecule has 1 saturated heterocycles. The second-order valence-corrected chi connectivity index (χ2v) is 5.17. The van der Waals surface area contributed by atoms with Crippen molar-refractivity contribution in [3.8, 4) is 0 Å². The molecule has 0 amide bonds. The maximum Gasteiger partial charge on any atom is 0.309 e. The van der Waals surface area contributed by atoms with Gasteiger partial charge in [-0.2, -0.15) is 0 Å². The van der Waals surface area contributed by atoms with Crippen molar-refractivity contribution >= 4 is 5.97 Å². The van der Waals surface area contributed by atoms with Crippen LogP contribution >= 0.6 is 0 Å². The summed E-state index contributed by atoms with van der Waals surface area (Å²) in [6.45, 7) is 5.75. The SMILES string of the molecule is CCOCOC1CN(Cc2cccc(CC(=O)OC)c2)C1. The first-order chi connectivity index (χ1) is 10.2. The summed E-state index contributed by atoms with van der Waals surface area (Å²) in [5.41, 5.74) is 2.20. The van der Waals surface area contributed by atoms with Gasteiger partial charge in [0.25, 0.3) is 0 Å². The van der Waals surface area contributed by atoms with Crippen molar-refractivity contribution < 1.29 is 19.0 Å². The third-order valence-electron chi connectivity index (χ3n) is 3.49. The summed E-state index contributed by atoms with van der Waals surface area (Å²) in [5.74, 6) is -0.208. The van der Waals surface area contributed by atoms with Gasteiger partial charge in [0.15, 0.2) is 0 Å². The normalized spacial score (nSPS) is 15.7. The van der Waals surface area contributed by atoms with Gasteiger partial charge in [-0.05, 0) is 18.1 Å². The number of nitrogens with zero attached hydrogens (tertiary/aromatic N) is 1. The fraction of sp³-hybridized carbons (Fsp3) is 0.562. The van der Waals surface area contributed by atoms with Crippen LogP contribution in [-0.2, 0) is 32.0 Å². The number of carbonyl (C=O) groups is 1. The van der Waals surface area contributed by atoms with Crippen molar-refractivity contribution in [2.24, 2.45) is 0 Å². The number of ether oxygens (including phenoxy) is 3. The van der Waals surface area contributed by atoms with Crippen LogP contribution in [0.4, 0.5) is 0 Å². The van der Waals surface area contributed by atoms with Crippen molar-refractivity contribution in [2.45, 2.75) is 26.0 Å². The van der Waals surface area contributed by atoms with E-state index in [1.807, 2.05) is 19.1 Å². The van der Waals surface area contributed by atoms with Crippen LogP contribution in [0.15, 0.2) is 24.3 Å². The predicted molar refractivity (Wildman–Crippen MR) is 78.8 cm³/mol. The Kier molecular flexibility index (Phi) is 6.17. The molecule has 2 rings (SSSR count). The first-order valence-electron chi connectivity index (χ1n) is 7.27. The van der Waals surface area contributed by atoms with Gasteiger partial charge < -0.3 is 14.2 Å². The molecule has 0 spiro atoms. The lowest BCUT2D eigenvalue weighted by atomic mass is 10.1. The summed E-state index contributed by atoms with van der Waals surface area (Å²) in [5, 5.41) is 0. The molecule has 1 aromatic carbocycles. The summed E-state index contributed by atoms with van der Waals surface area (Å²) in [4.78, 5) is 13.6. The highest BCUT2D eigenvalue weighted by atomic mass is 16.7. The molecule has 0 N–H and O–H groups in total. The molecular weight excluding hydrogens is 270 g/mol. The van der Waals surface area contributed by atoms with Crippen molar-refractivity contribution in [3.05, 3.63) is 35.4 Å². The molecule has 0 saturated carbocycles. The Morgan fingerprint density at radius 3 is 2.81 bits per heavy atom. The molecule has 1 aliphatic heterocycles. The molecular formula is C16H23NO4. The van der Waals surface area contributed by atoms with Crippen molar-refractivity contribution in [1.82, 2.24) is 4.90 Å².